The second-order valence-electron chi connectivity index (χ2n) is 5.55. The summed E-state index contributed by atoms with van der Waals surface area (Å²) >= 11 is 0. The van der Waals surface area contributed by atoms with E-state index in [0.717, 1.165) is 35.4 Å². The van der Waals surface area contributed by atoms with E-state index >= 15 is 0 Å². The van der Waals surface area contributed by atoms with Gasteiger partial charge in [0.2, 0.25) is 0 Å². The zero-order chi connectivity index (χ0) is 18.1. The van der Waals surface area contributed by atoms with Gasteiger partial charge in [0.25, 0.3) is 5.91 Å². The van der Waals surface area contributed by atoms with Gasteiger partial charge in [-0.15, -0.1) is 0 Å². The highest BCUT2D eigenvalue weighted by molar-refractivity contribution is 6.09. The predicted octanol–water partition coefficient (Wildman–Crippen LogP) is 4.58. The highest BCUT2D eigenvalue weighted by Crippen LogP contribution is 2.18. The molecule has 4 heteroatoms. The maximum absolute atomic E-state index is 12.4. The smallest absolute Gasteiger partial charge is 0.266 e. The van der Waals surface area contributed by atoms with Crippen LogP contribution in [0.3, 0.4) is 0 Å². The van der Waals surface area contributed by atoms with Crippen LogP contribution in [0.5, 0.6) is 5.75 Å². The maximum Gasteiger partial charge on any atom is 0.266 e. The number of aryl methyl sites for hydroxylation is 1. The number of carbonyl (C=O) groups is 1. The lowest BCUT2D eigenvalue weighted by atomic mass is 10.1. The normalized spacial score (nSPS) is 10.8. The standard InChI is InChI=1S/C21H22N2O2/c1-3-13-25-19-11-9-16(10-12-19)14-18(15-22)21(24)23-20-8-6-5-7-17(20)4-2/h5-12,14H,3-4,13H2,1-2H3,(H,23,24)/b18-14+. The van der Waals surface area contributed by atoms with Crippen molar-refractivity contribution in [1.82, 2.24) is 0 Å². The van der Waals surface area contributed by atoms with Gasteiger partial charge in [-0.25, -0.2) is 0 Å². The Morgan fingerprint density at radius 1 is 1.16 bits per heavy atom. The number of rotatable bonds is 7. The third-order valence-corrected chi connectivity index (χ3v) is 3.68. The third kappa shape index (κ3) is 5.22. The molecule has 2 rings (SSSR count). The lowest BCUT2D eigenvalue weighted by molar-refractivity contribution is -0.112. The Kier molecular flexibility index (Phi) is 6.79. The number of anilines is 1. The van der Waals surface area contributed by atoms with E-state index in [-0.39, 0.29) is 5.57 Å². The molecule has 0 spiro atoms. The zero-order valence-electron chi connectivity index (χ0n) is 14.6. The van der Waals surface area contributed by atoms with Crippen molar-refractivity contribution in [1.29, 1.82) is 5.26 Å². The summed E-state index contributed by atoms with van der Waals surface area (Å²) in [6.07, 6.45) is 3.33. The number of amides is 1. The molecule has 0 saturated heterocycles. The van der Waals surface area contributed by atoms with Crippen LogP contribution in [-0.4, -0.2) is 12.5 Å². The molecule has 0 aliphatic rings. The van der Waals surface area contributed by atoms with Crippen LogP contribution in [0, 0.1) is 11.3 Å². The van der Waals surface area contributed by atoms with Crippen LogP contribution in [0.1, 0.15) is 31.4 Å². The minimum absolute atomic E-state index is 0.0631. The number of benzene rings is 2. The summed E-state index contributed by atoms with van der Waals surface area (Å²) in [6.45, 7) is 4.73. The monoisotopic (exact) mass is 334 g/mol. The molecule has 0 bridgehead atoms. The van der Waals surface area contributed by atoms with E-state index in [0.29, 0.717) is 6.61 Å². The predicted molar refractivity (Wildman–Crippen MR) is 100 cm³/mol. The fourth-order valence-electron chi connectivity index (χ4n) is 2.34. The lowest BCUT2D eigenvalue weighted by Gasteiger charge is -2.09. The number of nitrogens with zero attached hydrogens (tertiary/aromatic N) is 1. The Morgan fingerprint density at radius 2 is 1.88 bits per heavy atom. The van der Waals surface area contributed by atoms with E-state index in [9.17, 15) is 10.1 Å². The van der Waals surface area contributed by atoms with E-state index < -0.39 is 5.91 Å². The maximum atomic E-state index is 12.4. The second-order valence-corrected chi connectivity index (χ2v) is 5.55. The third-order valence-electron chi connectivity index (χ3n) is 3.68. The van der Waals surface area contributed by atoms with Crippen LogP contribution in [-0.2, 0) is 11.2 Å². The number of hydrogen-bond donors (Lipinski definition) is 1. The van der Waals surface area contributed by atoms with E-state index in [1.54, 1.807) is 6.08 Å². The van der Waals surface area contributed by atoms with Crippen molar-refractivity contribution in [2.24, 2.45) is 0 Å². The molecule has 0 heterocycles. The number of nitriles is 1. The molecule has 1 amide bonds. The summed E-state index contributed by atoms with van der Waals surface area (Å²) in [5.41, 5.74) is 2.61. The molecule has 2 aromatic rings. The van der Waals surface area contributed by atoms with Gasteiger partial charge in [0.15, 0.2) is 0 Å². The molecule has 0 atom stereocenters. The molecular formula is C21H22N2O2. The molecule has 0 saturated carbocycles. The van der Waals surface area contributed by atoms with Crippen molar-refractivity contribution in [3.8, 4) is 11.8 Å². The molecular weight excluding hydrogens is 312 g/mol. The van der Waals surface area contributed by atoms with Crippen molar-refractivity contribution < 1.29 is 9.53 Å². The first kappa shape index (κ1) is 18.3. The van der Waals surface area contributed by atoms with Crippen LogP contribution >= 0.6 is 0 Å². The first-order valence-electron chi connectivity index (χ1n) is 8.41. The summed E-state index contributed by atoms with van der Waals surface area (Å²) in [4.78, 5) is 12.4. The average Bonchev–Trinajstić information content (AvgIpc) is 2.65. The van der Waals surface area contributed by atoms with Crippen molar-refractivity contribution >= 4 is 17.7 Å². The molecule has 0 aromatic heterocycles. The first-order chi connectivity index (χ1) is 12.2. The molecule has 0 aliphatic carbocycles. The Balaban J connectivity index is 2.14. The van der Waals surface area contributed by atoms with Gasteiger partial charge in [-0.05, 0) is 48.2 Å². The Labute approximate surface area is 148 Å². The second kappa shape index (κ2) is 9.29. The summed E-state index contributed by atoms with van der Waals surface area (Å²) in [5.74, 6) is 0.369. The van der Waals surface area contributed by atoms with Gasteiger partial charge < -0.3 is 10.1 Å². The zero-order valence-corrected chi connectivity index (χ0v) is 14.6. The van der Waals surface area contributed by atoms with Crippen LogP contribution in [0.2, 0.25) is 0 Å². The van der Waals surface area contributed by atoms with Crippen molar-refractivity contribution in [2.45, 2.75) is 26.7 Å². The molecule has 25 heavy (non-hydrogen) atoms. The number of hydrogen-bond acceptors (Lipinski definition) is 3. The van der Waals surface area contributed by atoms with Crippen molar-refractivity contribution in [3.63, 3.8) is 0 Å². The Bertz CT molecular complexity index is 786. The minimum Gasteiger partial charge on any atom is -0.494 e. The molecule has 1 N–H and O–H groups in total. The lowest BCUT2D eigenvalue weighted by Crippen LogP contribution is -2.14. The molecule has 0 aliphatic heterocycles. The summed E-state index contributed by atoms with van der Waals surface area (Å²) in [5, 5.41) is 12.1. The van der Waals surface area contributed by atoms with E-state index in [1.165, 1.54) is 0 Å². The topological polar surface area (TPSA) is 62.1 Å². The summed E-state index contributed by atoms with van der Waals surface area (Å²) < 4.78 is 5.53. The quantitative estimate of drug-likeness (QED) is 0.595. The molecule has 0 fully saturated rings. The van der Waals surface area contributed by atoms with Gasteiger partial charge in [-0.2, -0.15) is 5.26 Å². The Morgan fingerprint density at radius 3 is 2.52 bits per heavy atom. The largest absolute Gasteiger partial charge is 0.494 e. The number of ether oxygens (including phenoxy) is 1. The van der Waals surface area contributed by atoms with Gasteiger partial charge >= 0.3 is 0 Å². The number of carbonyl (C=O) groups excluding carboxylic acids is 1. The van der Waals surface area contributed by atoms with Crippen molar-refractivity contribution in [2.75, 3.05) is 11.9 Å². The van der Waals surface area contributed by atoms with Gasteiger partial charge in [0.1, 0.15) is 17.4 Å². The highest BCUT2D eigenvalue weighted by Gasteiger charge is 2.11. The van der Waals surface area contributed by atoms with Crippen LogP contribution in [0.4, 0.5) is 5.69 Å². The van der Waals surface area contributed by atoms with Gasteiger partial charge in [-0.3, -0.25) is 4.79 Å². The summed E-state index contributed by atoms with van der Waals surface area (Å²) in [6, 6.07) is 16.9. The molecule has 0 radical (unpaired) electrons. The molecule has 128 valence electrons. The van der Waals surface area contributed by atoms with Crippen LogP contribution in [0.15, 0.2) is 54.1 Å². The fourth-order valence-corrected chi connectivity index (χ4v) is 2.34. The average molecular weight is 334 g/mol. The SMILES string of the molecule is CCCOc1ccc(/C=C(\C#N)C(=O)Nc2ccccc2CC)cc1. The highest BCUT2D eigenvalue weighted by atomic mass is 16.5. The van der Waals surface area contributed by atoms with Gasteiger partial charge in [0, 0.05) is 5.69 Å². The van der Waals surface area contributed by atoms with E-state index in [4.69, 9.17) is 4.74 Å². The van der Waals surface area contributed by atoms with Gasteiger partial charge in [-0.1, -0.05) is 44.2 Å². The fraction of sp³-hybridized carbons (Fsp3) is 0.238. The van der Waals surface area contributed by atoms with Crippen molar-refractivity contribution in [3.05, 3.63) is 65.2 Å². The number of para-hydroxylation sites is 1. The first-order valence-corrected chi connectivity index (χ1v) is 8.41. The van der Waals surface area contributed by atoms with Gasteiger partial charge in [0.05, 0.1) is 6.61 Å². The van der Waals surface area contributed by atoms with E-state index in [2.05, 4.69) is 5.32 Å². The van der Waals surface area contributed by atoms with E-state index in [1.807, 2.05) is 68.4 Å². The molecule has 4 nitrogen and oxygen atoms in total. The Hall–Kier alpha value is -3.06. The van der Waals surface area contributed by atoms with Crippen LogP contribution < -0.4 is 10.1 Å². The summed E-state index contributed by atoms with van der Waals surface area (Å²) in [7, 11) is 0. The number of nitrogens with one attached hydrogen (secondary N) is 1. The molecule has 0 unspecified atom stereocenters. The minimum atomic E-state index is -0.408. The molecule has 2 aromatic carbocycles. The van der Waals surface area contributed by atoms with Crippen LogP contribution in [0.25, 0.3) is 6.08 Å².